The summed E-state index contributed by atoms with van der Waals surface area (Å²) in [5.74, 6) is -1.47. The highest BCUT2D eigenvalue weighted by Crippen LogP contribution is 2.27. The second-order valence-corrected chi connectivity index (χ2v) is 13.4. The molecule has 0 saturated heterocycles. The van der Waals surface area contributed by atoms with E-state index in [0.29, 0.717) is 10.6 Å². The minimum Gasteiger partial charge on any atom is -0.352 e. The lowest BCUT2D eigenvalue weighted by molar-refractivity contribution is -0.140. The van der Waals surface area contributed by atoms with Crippen LogP contribution in [0.4, 0.5) is 10.1 Å². The van der Waals surface area contributed by atoms with Crippen molar-refractivity contribution >= 4 is 39.1 Å². The molecule has 0 heterocycles. The zero-order valence-electron chi connectivity index (χ0n) is 24.7. The van der Waals surface area contributed by atoms with E-state index in [1.54, 1.807) is 42.5 Å². The number of sulfonamides is 1. The van der Waals surface area contributed by atoms with Gasteiger partial charge < -0.3 is 10.2 Å². The number of carbonyl (C=O) groups is 2. The van der Waals surface area contributed by atoms with Crippen LogP contribution in [0.5, 0.6) is 0 Å². The van der Waals surface area contributed by atoms with Gasteiger partial charge >= 0.3 is 0 Å². The zero-order chi connectivity index (χ0) is 31.8. The molecule has 5 rings (SSSR count). The Hall–Kier alpha value is -4.21. The molecule has 0 radical (unpaired) electrons. The molecule has 0 aromatic heterocycles. The summed E-state index contributed by atoms with van der Waals surface area (Å²) in [6.07, 6.45) is 3.95. The van der Waals surface area contributed by atoms with Crippen LogP contribution in [-0.2, 0) is 32.6 Å². The summed E-state index contributed by atoms with van der Waals surface area (Å²) in [7, 11) is -4.26. The molecule has 2 amide bonds. The molecule has 4 aromatic rings. The Kier molecular flexibility index (Phi) is 10.5. The molecule has 0 spiro atoms. The molecule has 234 valence electrons. The fraction of sp³-hybridized carbons (Fsp3) is 0.257. The monoisotopic (exact) mass is 647 g/mol. The van der Waals surface area contributed by atoms with Gasteiger partial charge in [-0.25, -0.2) is 12.8 Å². The molecule has 1 atom stereocenters. The first-order valence-corrected chi connectivity index (χ1v) is 16.7. The van der Waals surface area contributed by atoms with E-state index in [1.807, 2.05) is 30.3 Å². The SMILES string of the molecule is O=C(NC1CCCC1)[C@@H](Cc1ccccc1)N(Cc1ccccc1Cl)C(=O)CN(c1ccc(F)cc1)S(=O)(=O)c1ccccc1. The van der Waals surface area contributed by atoms with Crippen LogP contribution in [0.25, 0.3) is 0 Å². The summed E-state index contributed by atoms with van der Waals surface area (Å²) >= 11 is 6.54. The fourth-order valence-corrected chi connectivity index (χ4v) is 7.22. The van der Waals surface area contributed by atoms with E-state index in [4.69, 9.17) is 11.6 Å². The minimum atomic E-state index is -4.26. The van der Waals surface area contributed by atoms with Crippen LogP contribution >= 0.6 is 11.6 Å². The van der Waals surface area contributed by atoms with Gasteiger partial charge in [0.15, 0.2) is 0 Å². The van der Waals surface area contributed by atoms with E-state index in [0.717, 1.165) is 47.7 Å². The second kappa shape index (κ2) is 14.7. The topological polar surface area (TPSA) is 86.8 Å². The van der Waals surface area contributed by atoms with Crippen molar-refractivity contribution in [2.75, 3.05) is 10.8 Å². The number of anilines is 1. The van der Waals surface area contributed by atoms with Gasteiger partial charge in [-0.1, -0.05) is 91.2 Å². The second-order valence-electron chi connectivity index (χ2n) is 11.1. The number of amides is 2. The Morgan fingerprint density at radius 3 is 2.09 bits per heavy atom. The van der Waals surface area contributed by atoms with Crippen molar-refractivity contribution in [1.29, 1.82) is 0 Å². The van der Waals surface area contributed by atoms with E-state index >= 15 is 0 Å². The molecular formula is C35H35ClFN3O4S. The molecule has 0 unspecified atom stereocenters. The minimum absolute atomic E-state index is 0.00205. The molecule has 1 fully saturated rings. The first kappa shape index (κ1) is 32.2. The van der Waals surface area contributed by atoms with Crippen LogP contribution in [0.15, 0.2) is 114 Å². The van der Waals surface area contributed by atoms with E-state index < -0.39 is 34.3 Å². The molecule has 0 bridgehead atoms. The van der Waals surface area contributed by atoms with Gasteiger partial charge in [0.05, 0.1) is 10.6 Å². The molecule has 1 saturated carbocycles. The Bertz CT molecular complexity index is 1700. The van der Waals surface area contributed by atoms with Gasteiger partial charge in [-0.3, -0.25) is 13.9 Å². The number of carbonyl (C=O) groups excluding carboxylic acids is 2. The van der Waals surface area contributed by atoms with Crippen molar-refractivity contribution in [3.63, 3.8) is 0 Å². The van der Waals surface area contributed by atoms with Crippen LogP contribution in [0.3, 0.4) is 0 Å². The number of benzene rings is 4. The Balaban J connectivity index is 1.56. The van der Waals surface area contributed by atoms with Gasteiger partial charge in [-0.05, 0) is 66.4 Å². The maximum absolute atomic E-state index is 14.5. The van der Waals surface area contributed by atoms with Gasteiger partial charge in [0, 0.05) is 24.0 Å². The Morgan fingerprint density at radius 2 is 1.44 bits per heavy atom. The summed E-state index contributed by atoms with van der Waals surface area (Å²) in [6, 6.07) is 28.1. The van der Waals surface area contributed by atoms with E-state index in [2.05, 4.69) is 5.32 Å². The van der Waals surface area contributed by atoms with Crippen molar-refractivity contribution < 1.29 is 22.4 Å². The van der Waals surface area contributed by atoms with Crippen molar-refractivity contribution in [1.82, 2.24) is 10.2 Å². The molecule has 0 aliphatic heterocycles. The molecule has 45 heavy (non-hydrogen) atoms. The average Bonchev–Trinajstić information content (AvgIpc) is 3.56. The summed E-state index contributed by atoms with van der Waals surface area (Å²) < 4.78 is 42.8. The Labute approximate surface area is 268 Å². The zero-order valence-corrected chi connectivity index (χ0v) is 26.3. The number of nitrogens with zero attached hydrogens (tertiary/aromatic N) is 2. The predicted octanol–water partition coefficient (Wildman–Crippen LogP) is 6.37. The van der Waals surface area contributed by atoms with E-state index in [-0.39, 0.29) is 35.5 Å². The number of hydrogen-bond donors (Lipinski definition) is 1. The first-order valence-electron chi connectivity index (χ1n) is 14.9. The lowest BCUT2D eigenvalue weighted by Gasteiger charge is -2.34. The molecule has 4 aromatic carbocycles. The number of nitrogens with one attached hydrogen (secondary N) is 1. The molecule has 1 aliphatic carbocycles. The van der Waals surface area contributed by atoms with Crippen LogP contribution in [0.1, 0.15) is 36.8 Å². The third-order valence-electron chi connectivity index (χ3n) is 8.00. The summed E-state index contributed by atoms with van der Waals surface area (Å²) in [4.78, 5) is 29.9. The predicted molar refractivity (Wildman–Crippen MR) is 174 cm³/mol. The first-order chi connectivity index (χ1) is 21.7. The number of halogens is 2. The largest absolute Gasteiger partial charge is 0.352 e. The summed E-state index contributed by atoms with van der Waals surface area (Å²) in [5, 5.41) is 3.56. The van der Waals surface area contributed by atoms with Crippen LogP contribution in [0.2, 0.25) is 5.02 Å². The summed E-state index contributed by atoms with van der Waals surface area (Å²) in [6.45, 7) is -0.661. The van der Waals surface area contributed by atoms with Crippen LogP contribution < -0.4 is 9.62 Å². The highest BCUT2D eigenvalue weighted by atomic mass is 35.5. The van der Waals surface area contributed by atoms with Gasteiger partial charge in [-0.2, -0.15) is 0 Å². The van der Waals surface area contributed by atoms with E-state index in [9.17, 15) is 22.4 Å². The molecule has 1 N–H and O–H groups in total. The van der Waals surface area contributed by atoms with Crippen molar-refractivity contribution in [3.05, 3.63) is 131 Å². The maximum atomic E-state index is 14.5. The summed E-state index contributed by atoms with van der Waals surface area (Å²) in [5.41, 5.74) is 1.56. The fourth-order valence-electron chi connectivity index (χ4n) is 5.59. The molecular weight excluding hydrogens is 613 g/mol. The van der Waals surface area contributed by atoms with E-state index in [1.165, 1.54) is 29.2 Å². The van der Waals surface area contributed by atoms with Gasteiger partial charge in [-0.15, -0.1) is 0 Å². The third-order valence-corrected chi connectivity index (χ3v) is 10.2. The average molecular weight is 648 g/mol. The quantitative estimate of drug-likeness (QED) is 0.194. The molecule has 10 heteroatoms. The van der Waals surface area contributed by atoms with Gasteiger partial charge in [0.1, 0.15) is 18.4 Å². The lowest BCUT2D eigenvalue weighted by atomic mass is 10.0. The van der Waals surface area contributed by atoms with Crippen molar-refractivity contribution in [2.24, 2.45) is 0 Å². The smallest absolute Gasteiger partial charge is 0.264 e. The van der Waals surface area contributed by atoms with Crippen LogP contribution in [0, 0.1) is 5.82 Å². The Morgan fingerprint density at radius 1 is 0.844 bits per heavy atom. The number of rotatable bonds is 12. The highest BCUT2D eigenvalue weighted by molar-refractivity contribution is 7.92. The lowest BCUT2D eigenvalue weighted by Crippen LogP contribution is -2.54. The van der Waals surface area contributed by atoms with Gasteiger partial charge in [0.2, 0.25) is 11.8 Å². The molecule has 1 aliphatic rings. The highest BCUT2D eigenvalue weighted by Gasteiger charge is 2.35. The third kappa shape index (κ3) is 8.09. The van der Waals surface area contributed by atoms with Crippen molar-refractivity contribution in [2.45, 2.75) is 55.6 Å². The standard InChI is InChI=1S/C35H35ClFN3O4S/c36-32-18-10-7-13-27(32)24-39(33(23-26-11-3-1-4-12-26)35(42)38-29-14-8-9-15-29)34(41)25-40(30-21-19-28(37)20-22-30)45(43,44)31-16-5-2-6-17-31/h1-7,10-13,16-22,29,33H,8-9,14-15,23-25H2,(H,38,42)/t33-/m1/s1. The normalized spacial score (nSPS) is 14.1. The maximum Gasteiger partial charge on any atom is 0.264 e. The molecule has 7 nitrogen and oxygen atoms in total. The van der Waals surface area contributed by atoms with Crippen LogP contribution in [-0.4, -0.2) is 43.8 Å². The van der Waals surface area contributed by atoms with Gasteiger partial charge in [0.25, 0.3) is 10.0 Å². The number of hydrogen-bond acceptors (Lipinski definition) is 4. The van der Waals surface area contributed by atoms with Crippen molar-refractivity contribution in [3.8, 4) is 0 Å².